The largest absolute Gasteiger partial charge is 0.337 e. The molecule has 4 heteroatoms. The summed E-state index contributed by atoms with van der Waals surface area (Å²) in [6.07, 6.45) is 3.90. The summed E-state index contributed by atoms with van der Waals surface area (Å²) in [4.78, 5) is 15.5. The topological polar surface area (TPSA) is 46.3 Å². The Labute approximate surface area is 107 Å². The highest BCUT2D eigenvalue weighted by Crippen LogP contribution is 2.24. The Bertz CT molecular complexity index is 389. The van der Waals surface area contributed by atoms with Gasteiger partial charge in [-0.3, -0.25) is 4.79 Å². The van der Waals surface area contributed by atoms with E-state index in [2.05, 4.69) is 18.4 Å². The van der Waals surface area contributed by atoms with Crippen molar-refractivity contribution in [2.24, 2.45) is 5.73 Å². The molecule has 0 aliphatic carbocycles. The molecule has 0 bridgehead atoms. The van der Waals surface area contributed by atoms with Crippen molar-refractivity contribution in [3.63, 3.8) is 0 Å². The minimum absolute atomic E-state index is 0.117. The molecule has 94 valence electrons. The molecule has 0 saturated heterocycles. The van der Waals surface area contributed by atoms with Crippen LogP contribution in [-0.2, 0) is 17.8 Å². The SMILES string of the molecule is CCCC(N)C(=O)N1CCCc2sccc2C1. The average Bonchev–Trinajstić information content (AvgIpc) is 2.66. The third kappa shape index (κ3) is 2.87. The molecule has 1 unspecified atom stereocenters. The van der Waals surface area contributed by atoms with Gasteiger partial charge in [0.1, 0.15) is 0 Å². The number of hydrogen-bond acceptors (Lipinski definition) is 3. The monoisotopic (exact) mass is 252 g/mol. The van der Waals surface area contributed by atoms with Gasteiger partial charge >= 0.3 is 0 Å². The molecule has 1 aliphatic heterocycles. The van der Waals surface area contributed by atoms with Gasteiger partial charge in [-0.05, 0) is 36.3 Å². The van der Waals surface area contributed by atoms with Crippen molar-refractivity contribution in [2.45, 2.75) is 45.2 Å². The molecule has 1 aromatic rings. The molecule has 0 saturated carbocycles. The predicted molar refractivity (Wildman–Crippen MR) is 70.9 cm³/mol. The van der Waals surface area contributed by atoms with Crippen LogP contribution in [0, 0.1) is 0 Å². The molecule has 0 radical (unpaired) electrons. The highest BCUT2D eigenvalue weighted by Gasteiger charge is 2.23. The lowest BCUT2D eigenvalue weighted by molar-refractivity contribution is -0.133. The van der Waals surface area contributed by atoms with Crippen LogP contribution in [0.5, 0.6) is 0 Å². The maximum absolute atomic E-state index is 12.2. The molecule has 1 atom stereocenters. The van der Waals surface area contributed by atoms with Crippen LogP contribution < -0.4 is 5.73 Å². The van der Waals surface area contributed by atoms with Gasteiger partial charge in [0.2, 0.25) is 5.91 Å². The second-order valence-corrected chi connectivity index (χ2v) is 5.63. The van der Waals surface area contributed by atoms with Crippen LogP contribution in [0.15, 0.2) is 11.4 Å². The van der Waals surface area contributed by atoms with Crippen LogP contribution in [0.25, 0.3) is 0 Å². The standard InChI is InChI=1S/C13H20N2OS/c1-2-4-11(14)13(16)15-7-3-5-12-10(9-15)6-8-17-12/h6,8,11H,2-5,7,9,14H2,1H3. The molecule has 3 nitrogen and oxygen atoms in total. The maximum Gasteiger partial charge on any atom is 0.239 e. The fourth-order valence-corrected chi connectivity index (χ4v) is 3.24. The quantitative estimate of drug-likeness (QED) is 0.896. The van der Waals surface area contributed by atoms with Crippen LogP contribution in [-0.4, -0.2) is 23.4 Å². The van der Waals surface area contributed by atoms with E-state index in [-0.39, 0.29) is 11.9 Å². The molecule has 17 heavy (non-hydrogen) atoms. The van der Waals surface area contributed by atoms with E-state index in [1.807, 2.05) is 4.90 Å². The second-order valence-electron chi connectivity index (χ2n) is 4.63. The molecule has 0 spiro atoms. The van der Waals surface area contributed by atoms with E-state index in [1.54, 1.807) is 11.3 Å². The molecular weight excluding hydrogens is 232 g/mol. The Morgan fingerprint density at radius 2 is 2.47 bits per heavy atom. The van der Waals surface area contributed by atoms with Gasteiger partial charge in [-0.15, -0.1) is 11.3 Å². The summed E-state index contributed by atoms with van der Waals surface area (Å²) >= 11 is 1.80. The predicted octanol–water partition coefficient (Wildman–Crippen LogP) is 2.15. The highest BCUT2D eigenvalue weighted by atomic mass is 32.1. The molecule has 1 aromatic heterocycles. The van der Waals surface area contributed by atoms with E-state index in [0.29, 0.717) is 0 Å². The lowest BCUT2D eigenvalue weighted by Gasteiger charge is -2.24. The Morgan fingerprint density at radius 3 is 3.24 bits per heavy atom. The van der Waals surface area contributed by atoms with E-state index < -0.39 is 0 Å². The summed E-state index contributed by atoms with van der Waals surface area (Å²) in [5.74, 6) is 0.117. The van der Waals surface area contributed by atoms with Crippen molar-refractivity contribution in [2.75, 3.05) is 6.54 Å². The lowest BCUT2D eigenvalue weighted by atomic mass is 10.1. The summed E-state index contributed by atoms with van der Waals surface area (Å²) in [6.45, 7) is 3.65. The van der Waals surface area contributed by atoms with Crippen molar-refractivity contribution in [3.8, 4) is 0 Å². The molecule has 0 aromatic carbocycles. The summed E-state index contributed by atoms with van der Waals surface area (Å²) in [5.41, 5.74) is 7.23. The fourth-order valence-electron chi connectivity index (χ4n) is 2.30. The summed E-state index contributed by atoms with van der Waals surface area (Å²) < 4.78 is 0. The van der Waals surface area contributed by atoms with Crippen molar-refractivity contribution >= 4 is 17.2 Å². The van der Waals surface area contributed by atoms with Gasteiger partial charge in [0.15, 0.2) is 0 Å². The van der Waals surface area contributed by atoms with Crippen LogP contribution in [0.4, 0.5) is 0 Å². The smallest absolute Gasteiger partial charge is 0.239 e. The maximum atomic E-state index is 12.2. The third-order valence-corrected chi connectivity index (χ3v) is 4.28. The normalized spacial score (nSPS) is 17.4. The average molecular weight is 252 g/mol. The summed E-state index contributed by atoms with van der Waals surface area (Å²) in [7, 11) is 0. The molecule has 1 aliphatic rings. The van der Waals surface area contributed by atoms with E-state index >= 15 is 0 Å². The highest BCUT2D eigenvalue weighted by molar-refractivity contribution is 7.10. The minimum Gasteiger partial charge on any atom is -0.337 e. The van der Waals surface area contributed by atoms with Crippen molar-refractivity contribution in [1.29, 1.82) is 0 Å². The minimum atomic E-state index is -0.319. The molecular formula is C13H20N2OS. The van der Waals surface area contributed by atoms with Crippen LogP contribution in [0.2, 0.25) is 0 Å². The van der Waals surface area contributed by atoms with Gasteiger partial charge < -0.3 is 10.6 Å². The number of nitrogens with zero attached hydrogens (tertiary/aromatic N) is 1. The van der Waals surface area contributed by atoms with Crippen molar-refractivity contribution in [1.82, 2.24) is 4.90 Å². The second kappa shape index (κ2) is 5.65. The van der Waals surface area contributed by atoms with Crippen molar-refractivity contribution in [3.05, 3.63) is 21.9 Å². The van der Waals surface area contributed by atoms with Gasteiger partial charge in [0, 0.05) is 18.0 Å². The number of aryl methyl sites for hydroxylation is 1. The molecule has 0 fully saturated rings. The number of carbonyl (C=O) groups excluding carboxylic acids is 1. The number of thiophene rings is 1. The Balaban J connectivity index is 2.05. The fraction of sp³-hybridized carbons (Fsp3) is 0.615. The third-order valence-electron chi connectivity index (χ3n) is 3.26. The number of rotatable bonds is 3. The van der Waals surface area contributed by atoms with E-state index in [1.165, 1.54) is 10.4 Å². The zero-order valence-corrected chi connectivity index (χ0v) is 11.1. The van der Waals surface area contributed by atoms with Gasteiger partial charge in [-0.1, -0.05) is 13.3 Å². The Kier molecular flexibility index (Phi) is 4.18. The first-order chi connectivity index (χ1) is 8.22. The molecule has 2 N–H and O–H groups in total. The van der Waals surface area contributed by atoms with Gasteiger partial charge in [0.25, 0.3) is 0 Å². The molecule has 1 amide bonds. The number of amides is 1. The van der Waals surface area contributed by atoms with E-state index in [4.69, 9.17) is 5.73 Å². The first kappa shape index (κ1) is 12.6. The molecule has 2 heterocycles. The number of nitrogens with two attached hydrogens (primary N) is 1. The Hall–Kier alpha value is -0.870. The van der Waals surface area contributed by atoms with Crippen LogP contribution in [0.3, 0.4) is 0 Å². The van der Waals surface area contributed by atoms with Crippen LogP contribution in [0.1, 0.15) is 36.6 Å². The van der Waals surface area contributed by atoms with Crippen molar-refractivity contribution < 1.29 is 4.79 Å². The van der Waals surface area contributed by atoms with Gasteiger partial charge in [-0.25, -0.2) is 0 Å². The first-order valence-electron chi connectivity index (χ1n) is 6.32. The molecule has 2 rings (SSSR count). The summed E-state index contributed by atoms with van der Waals surface area (Å²) in [5, 5.41) is 2.12. The number of carbonyl (C=O) groups is 1. The first-order valence-corrected chi connectivity index (χ1v) is 7.20. The summed E-state index contributed by atoms with van der Waals surface area (Å²) in [6, 6.07) is 1.82. The van der Waals surface area contributed by atoms with Crippen LogP contribution >= 0.6 is 11.3 Å². The zero-order chi connectivity index (χ0) is 12.3. The van der Waals surface area contributed by atoms with E-state index in [9.17, 15) is 4.79 Å². The lowest BCUT2D eigenvalue weighted by Crippen LogP contribution is -2.43. The van der Waals surface area contributed by atoms with Gasteiger partial charge in [-0.2, -0.15) is 0 Å². The number of fused-ring (bicyclic) bond motifs is 1. The van der Waals surface area contributed by atoms with E-state index in [0.717, 1.165) is 38.8 Å². The Morgan fingerprint density at radius 1 is 1.65 bits per heavy atom. The number of hydrogen-bond donors (Lipinski definition) is 1. The van der Waals surface area contributed by atoms with Gasteiger partial charge in [0.05, 0.1) is 6.04 Å². The zero-order valence-electron chi connectivity index (χ0n) is 10.3.